The lowest BCUT2D eigenvalue weighted by atomic mass is 9.85. The van der Waals surface area contributed by atoms with Gasteiger partial charge >= 0.3 is 11.9 Å². The third-order valence-electron chi connectivity index (χ3n) is 3.18. The maximum absolute atomic E-state index is 12.5. The van der Waals surface area contributed by atoms with E-state index in [0.29, 0.717) is 24.7 Å². The smallest absolute Gasteiger partial charge is 0.379 e. The number of pyridine rings is 1. The number of aromatic nitrogens is 1. The highest BCUT2D eigenvalue weighted by atomic mass is 19.4. The first-order valence-electron chi connectivity index (χ1n) is 5.83. The molecule has 1 saturated carbocycles. The molecular weight excluding hydrogens is 263 g/mol. The summed E-state index contributed by atoms with van der Waals surface area (Å²) in [5.41, 5.74) is -1.69. The summed E-state index contributed by atoms with van der Waals surface area (Å²) in [6.45, 7) is 0.447. The zero-order valence-electron chi connectivity index (χ0n) is 9.91. The number of hydrogen-bond acceptors (Lipinski definition) is 4. The summed E-state index contributed by atoms with van der Waals surface area (Å²) in [4.78, 5) is 13.1. The first kappa shape index (κ1) is 13.6. The molecule has 104 valence electrons. The van der Waals surface area contributed by atoms with Crippen molar-refractivity contribution in [2.75, 3.05) is 11.9 Å². The molecule has 2 rings (SSSR count). The van der Waals surface area contributed by atoms with Gasteiger partial charge in [-0.15, -0.1) is 0 Å². The standard InChI is InChI=1S/C11H12F3N3O2/c12-11(13,14)10-4-8(9(6-16-10)17(18)19)15-5-7-2-1-3-7/h4,6-7H,1-3,5H2,(H,15,16). The van der Waals surface area contributed by atoms with Gasteiger partial charge in [0.1, 0.15) is 17.6 Å². The predicted octanol–water partition coefficient (Wildman–Crippen LogP) is 3.22. The molecule has 1 heterocycles. The minimum absolute atomic E-state index is 0.126. The van der Waals surface area contributed by atoms with Crippen molar-refractivity contribution in [1.82, 2.24) is 4.98 Å². The van der Waals surface area contributed by atoms with Gasteiger partial charge in [-0.1, -0.05) is 6.42 Å². The molecule has 1 aliphatic carbocycles. The first-order valence-corrected chi connectivity index (χ1v) is 5.83. The van der Waals surface area contributed by atoms with Crippen LogP contribution in [-0.4, -0.2) is 16.5 Å². The average Bonchev–Trinajstić information content (AvgIpc) is 2.25. The fourth-order valence-electron chi connectivity index (χ4n) is 1.84. The molecule has 0 atom stereocenters. The molecule has 1 N–H and O–H groups in total. The van der Waals surface area contributed by atoms with E-state index in [0.717, 1.165) is 19.3 Å². The van der Waals surface area contributed by atoms with Crippen molar-refractivity contribution < 1.29 is 18.1 Å². The van der Waals surface area contributed by atoms with Gasteiger partial charge in [0.25, 0.3) is 0 Å². The lowest BCUT2D eigenvalue weighted by molar-refractivity contribution is -0.384. The molecule has 8 heteroatoms. The molecule has 0 aliphatic heterocycles. The van der Waals surface area contributed by atoms with Crippen LogP contribution in [0.2, 0.25) is 0 Å². The number of alkyl halides is 3. The Balaban J connectivity index is 2.22. The number of anilines is 1. The van der Waals surface area contributed by atoms with Gasteiger partial charge in [0.15, 0.2) is 0 Å². The van der Waals surface area contributed by atoms with Crippen LogP contribution in [0.15, 0.2) is 12.3 Å². The number of nitrogens with one attached hydrogen (secondary N) is 1. The van der Waals surface area contributed by atoms with Crippen LogP contribution < -0.4 is 5.32 Å². The van der Waals surface area contributed by atoms with Gasteiger partial charge < -0.3 is 5.32 Å². The van der Waals surface area contributed by atoms with Crippen LogP contribution in [0.5, 0.6) is 0 Å². The summed E-state index contributed by atoms with van der Waals surface area (Å²) >= 11 is 0. The quantitative estimate of drug-likeness (QED) is 0.676. The van der Waals surface area contributed by atoms with E-state index in [1.165, 1.54) is 0 Å². The van der Waals surface area contributed by atoms with Crippen molar-refractivity contribution in [3.63, 3.8) is 0 Å². The SMILES string of the molecule is O=[N+]([O-])c1cnc(C(F)(F)F)cc1NCC1CCC1. The van der Waals surface area contributed by atoms with E-state index in [9.17, 15) is 23.3 Å². The Morgan fingerprint density at radius 1 is 1.47 bits per heavy atom. The van der Waals surface area contributed by atoms with Crippen LogP contribution in [0.1, 0.15) is 25.0 Å². The highest BCUT2D eigenvalue weighted by Gasteiger charge is 2.34. The molecule has 0 saturated heterocycles. The molecule has 5 nitrogen and oxygen atoms in total. The normalized spacial score (nSPS) is 15.9. The summed E-state index contributed by atoms with van der Waals surface area (Å²) in [5, 5.41) is 13.5. The fraction of sp³-hybridized carbons (Fsp3) is 0.545. The zero-order valence-corrected chi connectivity index (χ0v) is 9.91. The monoisotopic (exact) mass is 275 g/mol. The Bertz CT molecular complexity index is 487. The van der Waals surface area contributed by atoms with Crippen molar-refractivity contribution in [2.45, 2.75) is 25.4 Å². The van der Waals surface area contributed by atoms with Gasteiger partial charge in [-0.2, -0.15) is 13.2 Å². The number of halogens is 3. The number of rotatable bonds is 4. The van der Waals surface area contributed by atoms with Gasteiger partial charge in [-0.05, 0) is 24.8 Å². The summed E-state index contributed by atoms with van der Waals surface area (Å²) < 4.78 is 37.6. The van der Waals surface area contributed by atoms with Crippen molar-refractivity contribution in [1.29, 1.82) is 0 Å². The Hall–Kier alpha value is -1.86. The molecule has 0 spiro atoms. The third-order valence-corrected chi connectivity index (χ3v) is 3.18. The minimum Gasteiger partial charge on any atom is -0.379 e. The van der Waals surface area contributed by atoms with Gasteiger partial charge in [-0.25, -0.2) is 4.98 Å². The summed E-state index contributed by atoms with van der Waals surface area (Å²) in [6, 6.07) is 0.691. The van der Waals surface area contributed by atoms with Crippen molar-refractivity contribution >= 4 is 11.4 Å². The molecule has 0 radical (unpaired) electrons. The van der Waals surface area contributed by atoms with Crippen LogP contribution >= 0.6 is 0 Å². The van der Waals surface area contributed by atoms with E-state index in [2.05, 4.69) is 10.3 Å². The summed E-state index contributed by atoms with van der Waals surface area (Å²) in [6.07, 6.45) is -0.872. The highest BCUT2D eigenvalue weighted by molar-refractivity contribution is 5.61. The maximum atomic E-state index is 12.5. The van der Waals surface area contributed by atoms with Crippen molar-refractivity contribution in [3.8, 4) is 0 Å². The molecular formula is C11H12F3N3O2. The highest BCUT2D eigenvalue weighted by Crippen LogP contribution is 2.34. The molecule has 1 aliphatic rings. The van der Waals surface area contributed by atoms with Crippen LogP contribution in [0.3, 0.4) is 0 Å². The molecule has 1 aromatic rings. The lowest BCUT2D eigenvalue weighted by Crippen LogP contribution is -2.21. The average molecular weight is 275 g/mol. The second-order valence-corrected chi connectivity index (χ2v) is 4.52. The fourth-order valence-corrected chi connectivity index (χ4v) is 1.84. The Kier molecular flexibility index (Phi) is 3.59. The Morgan fingerprint density at radius 3 is 2.63 bits per heavy atom. The molecule has 1 fully saturated rings. The third kappa shape index (κ3) is 3.12. The molecule has 0 unspecified atom stereocenters. The summed E-state index contributed by atoms with van der Waals surface area (Å²) in [7, 11) is 0. The molecule has 0 bridgehead atoms. The van der Waals surface area contributed by atoms with Crippen LogP contribution in [0.4, 0.5) is 24.5 Å². The first-order chi connectivity index (χ1) is 8.88. The van der Waals surface area contributed by atoms with Crippen LogP contribution in [0, 0.1) is 16.0 Å². The number of nitro groups is 1. The van der Waals surface area contributed by atoms with Gasteiger partial charge in [0.2, 0.25) is 0 Å². The summed E-state index contributed by atoms with van der Waals surface area (Å²) in [5.74, 6) is 0.377. The number of nitrogens with zero attached hydrogens (tertiary/aromatic N) is 2. The van der Waals surface area contributed by atoms with Crippen molar-refractivity contribution in [2.24, 2.45) is 5.92 Å². The zero-order chi connectivity index (χ0) is 14.0. The topological polar surface area (TPSA) is 68.1 Å². The van der Waals surface area contributed by atoms with E-state index in [-0.39, 0.29) is 5.69 Å². The van der Waals surface area contributed by atoms with Gasteiger partial charge in [0.05, 0.1) is 4.92 Å². The van der Waals surface area contributed by atoms with Crippen LogP contribution in [0.25, 0.3) is 0 Å². The van der Waals surface area contributed by atoms with Crippen LogP contribution in [-0.2, 0) is 6.18 Å². The molecule has 0 aromatic carbocycles. The van der Waals surface area contributed by atoms with E-state index in [4.69, 9.17) is 0 Å². The van der Waals surface area contributed by atoms with Crippen molar-refractivity contribution in [3.05, 3.63) is 28.1 Å². The Labute approximate surface area is 107 Å². The van der Waals surface area contributed by atoms with Gasteiger partial charge in [0, 0.05) is 6.54 Å². The second-order valence-electron chi connectivity index (χ2n) is 4.52. The van der Waals surface area contributed by atoms with Gasteiger partial charge in [-0.3, -0.25) is 10.1 Å². The lowest BCUT2D eigenvalue weighted by Gasteiger charge is -2.25. The minimum atomic E-state index is -4.61. The molecule has 0 amide bonds. The van der Waals surface area contributed by atoms with E-state index < -0.39 is 22.5 Å². The predicted molar refractivity (Wildman–Crippen MR) is 61.7 cm³/mol. The largest absolute Gasteiger partial charge is 0.433 e. The molecule has 1 aromatic heterocycles. The molecule has 19 heavy (non-hydrogen) atoms. The Morgan fingerprint density at radius 2 is 2.16 bits per heavy atom. The van der Waals surface area contributed by atoms with E-state index in [1.54, 1.807) is 0 Å². The van der Waals surface area contributed by atoms with E-state index >= 15 is 0 Å². The number of hydrogen-bond donors (Lipinski definition) is 1. The second kappa shape index (κ2) is 5.02. The maximum Gasteiger partial charge on any atom is 0.433 e. The van der Waals surface area contributed by atoms with E-state index in [1.807, 2.05) is 0 Å².